The maximum absolute atomic E-state index is 13.0. The summed E-state index contributed by atoms with van der Waals surface area (Å²) >= 11 is 0. The number of phosphoric acid groups is 1. The van der Waals surface area contributed by atoms with Gasteiger partial charge in [0.2, 0.25) is 5.91 Å². The maximum Gasteiger partial charge on any atom is 0.268 e. The van der Waals surface area contributed by atoms with Crippen molar-refractivity contribution in [2.75, 3.05) is 40.9 Å². The molecule has 0 bridgehead atoms. The topological polar surface area (TPSA) is 108 Å². The van der Waals surface area contributed by atoms with Crippen LogP contribution in [-0.4, -0.2) is 68.5 Å². The van der Waals surface area contributed by atoms with E-state index in [1.807, 2.05) is 27.2 Å². The van der Waals surface area contributed by atoms with Crippen LogP contribution in [0.3, 0.4) is 0 Å². The first-order valence-electron chi connectivity index (χ1n) is 35.4. The van der Waals surface area contributed by atoms with Crippen molar-refractivity contribution >= 4 is 13.7 Å². The number of aliphatic hydroxyl groups excluding tert-OH is 1. The summed E-state index contributed by atoms with van der Waals surface area (Å²) in [6.07, 6.45) is 91.5. The van der Waals surface area contributed by atoms with Gasteiger partial charge in [0.25, 0.3) is 7.82 Å². The zero-order chi connectivity index (χ0) is 60.5. The number of nitrogens with zero attached hydrogens (tertiary/aromatic N) is 1. The minimum absolute atomic E-state index is 0.00634. The second kappa shape index (κ2) is 64.2. The van der Waals surface area contributed by atoms with Crippen molar-refractivity contribution in [3.8, 4) is 0 Å². The van der Waals surface area contributed by atoms with E-state index in [1.54, 1.807) is 6.08 Å². The molecule has 0 aromatic rings. The van der Waals surface area contributed by atoms with Crippen molar-refractivity contribution in [1.82, 2.24) is 5.32 Å². The van der Waals surface area contributed by atoms with Crippen molar-refractivity contribution in [2.45, 2.75) is 341 Å². The van der Waals surface area contributed by atoms with E-state index in [0.717, 1.165) is 70.6 Å². The molecule has 0 saturated heterocycles. The molecule has 0 saturated carbocycles. The Morgan fingerprint density at radius 2 is 0.747 bits per heavy atom. The van der Waals surface area contributed by atoms with E-state index in [-0.39, 0.29) is 12.5 Å². The van der Waals surface area contributed by atoms with Crippen molar-refractivity contribution in [2.24, 2.45) is 0 Å². The number of hydrogen-bond acceptors (Lipinski definition) is 6. The summed E-state index contributed by atoms with van der Waals surface area (Å²) in [5.41, 5.74) is 0. The van der Waals surface area contributed by atoms with Gasteiger partial charge in [-0.05, 0) is 77.0 Å². The molecule has 0 aromatic carbocycles. The molecule has 2 N–H and O–H groups in total. The van der Waals surface area contributed by atoms with Gasteiger partial charge in [-0.2, -0.15) is 0 Å². The summed E-state index contributed by atoms with van der Waals surface area (Å²) in [6.45, 7) is 4.55. The standard InChI is InChI=1S/C74H137N2O6P/c1-6-8-10-12-14-16-18-20-22-24-26-28-29-30-31-32-33-34-35-36-37-38-39-40-41-42-43-44-45-46-47-48-50-52-54-56-58-60-62-64-66-68-74(78)75-72(71-82-83(79,80)81-70-69-76(3,4)5)73(77)67-65-63-61-59-57-55-53-51-49-27-25-23-21-19-17-15-13-11-9-7-2/h8,10,14,16,20,22,26,28,30-31,57,59,65,67,72-73,77H,6-7,9,11-13,15,17-19,21,23-25,27,29,32-56,58,60-64,66,68-71H2,1-5H3,(H-,75,78,79,80)/b10-8-,16-14-,22-20-,28-26-,31-30-,59-57+,67-65+. The van der Waals surface area contributed by atoms with Gasteiger partial charge in [0.1, 0.15) is 13.2 Å². The first kappa shape index (κ1) is 80.7. The number of aliphatic hydroxyl groups is 1. The zero-order valence-electron chi connectivity index (χ0n) is 55.4. The van der Waals surface area contributed by atoms with Crippen LogP contribution in [-0.2, 0) is 18.4 Å². The van der Waals surface area contributed by atoms with Crippen LogP contribution in [0.4, 0.5) is 0 Å². The highest BCUT2D eigenvalue weighted by Gasteiger charge is 2.23. The third-order valence-electron chi connectivity index (χ3n) is 15.8. The Morgan fingerprint density at radius 3 is 1.12 bits per heavy atom. The van der Waals surface area contributed by atoms with Crippen LogP contribution < -0.4 is 10.2 Å². The molecular formula is C74H137N2O6P. The summed E-state index contributed by atoms with van der Waals surface area (Å²) in [6, 6.07) is -0.905. The largest absolute Gasteiger partial charge is 0.756 e. The van der Waals surface area contributed by atoms with Gasteiger partial charge in [0.15, 0.2) is 0 Å². The highest BCUT2D eigenvalue weighted by Crippen LogP contribution is 2.38. The van der Waals surface area contributed by atoms with Gasteiger partial charge in [0, 0.05) is 6.42 Å². The first-order valence-corrected chi connectivity index (χ1v) is 36.9. The summed E-state index contributed by atoms with van der Waals surface area (Å²) in [7, 11) is 1.25. The number of phosphoric ester groups is 1. The zero-order valence-corrected chi connectivity index (χ0v) is 56.3. The number of nitrogens with one attached hydrogen (secondary N) is 1. The molecule has 8 nitrogen and oxygen atoms in total. The van der Waals surface area contributed by atoms with Crippen LogP contribution in [0.2, 0.25) is 0 Å². The Kier molecular flexibility index (Phi) is 62.4. The van der Waals surface area contributed by atoms with Crippen molar-refractivity contribution in [1.29, 1.82) is 0 Å². The predicted octanol–water partition coefficient (Wildman–Crippen LogP) is 22.1. The van der Waals surface area contributed by atoms with Crippen LogP contribution in [0.1, 0.15) is 328 Å². The molecule has 484 valence electrons. The third-order valence-corrected chi connectivity index (χ3v) is 16.8. The molecule has 3 atom stereocenters. The number of carbonyl (C=O) groups excluding carboxylic acids is 1. The molecule has 0 aliphatic heterocycles. The van der Waals surface area contributed by atoms with E-state index in [0.29, 0.717) is 17.4 Å². The lowest BCUT2D eigenvalue weighted by Gasteiger charge is -2.29. The molecule has 3 unspecified atom stereocenters. The van der Waals surface area contributed by atoms with E-state index >= 15 is 0 Å². The summed E-state index contributed by atoms with van der Waals surface area (Å²) in [5, 5.41) is 13.9. The van der Waals surface area contributed by atoms with Crippen LogP contribution in [0.25, 0.3) is 0 Å². The second-order valence-corrected chi connectivity index (χ2v) is 26.6. The van der Waals surface area contributed by atoms with Gasteiger partial charge < -0.3 is 28.8 Å². The van der Waals surface area contributed by atoms with E-state index in [4.69, 9.17) is 9.05 Å². The summed E-state index contributed by atoms with van der Waals surface area (Å²) in [4.78, 5) is 25.6. The van der Waals surface area contributed by atoms with Gasteiger partial charge in [-0.15, -0.1) is 0 Å². The molecule has 83 heavy (non-hydrogen) atoms. The van der Waals surface area contributed by atoms with E-state index in [1.165, 1.54) is 238 Å². The fourth-order valence-corrected chi connectivity index (χ4v) is 11.1. The second-order valence-electron chi connectivity index (χ2n) is 25.2. The normalized spacial score (nSPS) is 14.2. The number of unbranched alkanes of at least 4 members (excludes halogenated alkanes) is 40. The molecule has 0 heterocycles. The molecular weight excluding hydrogens is 1040 g/mol. The Hall–Kier alpha value is -2.32. The van der Waals surface area contributed by atoms with Crippen LogP contribution in [0, 0.1) is 0 Å². The SMILES string of the molecule is CC/C=C\C/C=C\C/C=C\C/C=C\C/C=C\CCCCCCCCCCCCCCCCCCCCCCCCCCCC(=O)NC(COP(=O)([O-])OCC[N+](C)(C)C)C(O)/C=C/CC/C=C/CCCCCCCCCCCCCCCC. The van der Waals surface area contributed by atoms with Gasteiger partial charge in [0.05, 0.1) is 39.9 Å². The van der Waals surface area contributed by atoms with Crippen molar-refractivity contribution in [3.05, 3.63) is 85.1 Å². The molecule has 0 fully saturated rings. The molecule has 0 aliphatic carbocycles. The fourth-order valence-electron chi connectivity index (χ4n) is 10.4. The number of hydrogen-bond donors (Lipinski definition) is 2. The summed E-state index contributed by atoms with van der Waals surface area (Å²) < 4.78 is 23.4. The number of amides is 1. The smallest absolute Gasteiger partial charge is 0.268 e. The van der Waals surface area contributed by atoms with Gasteiger partial charge in [-0.3, -0.25) is 9.36 Å². The fraction of sp³-hybridized carbons (Fsp3) is 0.797. The third kappa shape index (κ3) is 67.1. The summed E-state index contributed by atoms with van der Waals surface area (Å²) in [5.74, 6) is -0.202. The van der Waals surface area contributed by atoms with Crippen molar-refractivity contribution in [3.63, 3.8) is 0 Å². The lowest BCUT2D eigenvalue weighted by Crippen LogP contribution is -2.45. The van der Waals surface area contributed by atoms with Gasteiger partial charge in [-0.25, -0.2) is 0 Å². The Balaban J connectivity index is 3.95. The molecule has 0 aliphatic rings. The quantitative estimate of drug-likeness (QED) is 0.0272. The Labute approximate surface area is 516 Å². The number of allylic oxidation sites excluding steroid dienone is 13. The van der Waals surface area contributed by atoms with Crippen LogP contribution in [0.5, 0.6) is 0 Å². The lowest BCUT2D eigenvalue weighted by atomic mass is 10.0. The highest BCUT2D eigenvalue weighted by atomic mass is 31.2. The average molecular weight is 1180 g/mol. The molecule has 0 spiro atoms. The van der Waals surface area contributed by atoms with Crippen LogP contribution >= 0.6 is 7.82 Å². The highest BCUT2D eigenvalue weighted by molar-refractivity contribution is 7.45. The Morgan fingerprint density at radius 1 is 0.434 bits per heavy atom. The number of likely N-dealkylation sites (N-methyl/N-ethyl adjacent to an activating group) is 1. The lowest BCUT2D eigenvalue weighted by molar-refractivity contribution is -0.870. The van der Waals surface area contributed by atoms with Crippen LogP contribution in [0.15, 0.2) is 85.1 Å². The number of rotatable bonds is 65. The number of carbonyl (C=O) groups is 1. The monoisotopic (exact) mass is 1180 g/mol. The van der Waals surface area contributed by atoms with E-state index < -0.39 is 26.6 Å². The average Bonchev–Trinajstić information content (AvgIpc) is 3.49. The first-order chi connectivity index (χ1) is 40.5. The number of quaternary nitrogens is 1. The molecule has 0 rings (SSSR count). The molecule has 0 aromatic heterocycles. The molecule has 9 heteroatoms. The van der Waals surface area contributed by atoms with E-state index in [2.05, 4.69) is 92.1 Å². The minimum atomic E-state index is -4.61. The van der Waals surface area contributed by atoms with Crippen molar-refractivity contribution < 1.29 is 32.9 Å². The van der Waals surface area contributed by atoms with Gasteiger partial charge >= 0.3 is 0 Å². The maximum atomic E-state index is 13.0. The Bertz CT molecular complexity index is 1630. The van der Waals surface area contributed by atoms with Gasteiger partial charge in [-0.1, -0.05) is 330 Å². The van der Waals surface area contributed by atoms with E-state index in [9.17, 15) is 19.4 Å². The predicted molar refractivity (Wildman–Crippen MR) is 362 cm³/mol. The minimum Gasteiger partial charge on any atom is -0.756 e. The molecule has 1 amide bonds. The molecule has 0 radical (unpaired) electrons.